The third-order valence-electron chi connectivity index (χ3n) is 8.02. The molecule has 2 amide bonds. The molecule has 0 spiro atoms. The molecule has 3 atom stereocenters. The van der Waals surface area contributed by atoms with Gasteiger partial charge in [0.1, 0.15) is 12.7 Å². The minimum atomic E-state index is -0.450. The van der Waals surface area contributed by atoms with E-state index in [1.807, 2.05) is 33.0 Å². The molecule has 0 aromatic heterocycles. The number of hydrogen-bond donors (Lipinski definition) is 4. The number of hydrogen-bond acceptors (Lipinski definition) is 8. The molecule has 6 N–H and O–H groups in total. The highest BCUT2D eigenvalue weighted by molar-refractivity contribution is 6.30. The molecule has 12 heteroatoms. The number of nitrogens with one attached hydrogen (secondary N) is 1. The number of aliphatic hydroxyl groups is 1. The number of aliphatic hydroxyl groups excluding tert-OH is 1. The second-order valence-electron chi connectivity index (χ2n) is 11.2. The first kappa shape index (κ1) is 45.4. The largest absolute Gasteiger partial charge is 0.444 e. The number of benzene rings is 1. The van der Waals surface area contributed by atoms with E-state index in [2.05, 4.69) is 83.0 Å². The van der Waals surface area contributed by atoms with Crippen LogP contribution in [0, 0.1) is 5.92 Å². The maximum atomic E-state index is 12.6. The standard InChI is InChI=1S/C30H43ClN4O3.C3H7NO2.C2H5N.C2H6/c1-6-23-8-10-26(22(4)21(3)18-33-20-32-5)28-17-24(31)9-11-27(28)29(16-23)34-12-14-35(15-13-34)30(37)38-25(7-2)19-36;1-6-2-3(4)5;1-2-3;1-2/h6,9-11,17-18,20,22,25,29,36H,7-8,12-16,19H2,1-5H3,(H,32,33);2H2,1H3,(H2,4,5);2H,1,3H2;1-2H3/b21-18+,23-6-,26-10-;;;/t22-,25-,29+;;;/m0.../s1. The van der Waals surface area contributed by atoms with Crippen LogP contribution in [0.4, 0.5) is 4.79 Å². The number of piperazine rings is 1. The smallest absolute Gasteiger partial charge is 0.410 e. The topological polar surface area (TPSA) is 156 Å². The van der Waals surface area contributed by atoms with E-state index in [9.17, 15) is 14.7 Å². The quantitative estimate of drug-likeness (QED) is 0.130. The Hall–Kier alpha value is -3.64. The molecule has 0 radical (unpaired) electrons. The summed E-state index contributed by atoms with van der Waals surface area (Å²) in [6.07, 6.45) is 11.2. The third kappa shape index (κ3) is 16.1. The molecule has 3 rings (SSSR count). The fourth-order valence-corrected chi connectivity index (χ4v) is 5.44. The Morgan fingerprint density at radius 1 is 1.24 bits per heavy atom. The van der Waals surface area contributed by atoms with Gasteiger partial charge in [-0.2, -0.15) is 0 Å². The van der Waals surface area contributed by atoms with Gasteiger partial charge < -0.3 is 36.3 Å². The Balaban J connectivity index is 0.00000183. The molecule has 1 aliphatic heterocycles. The molecule has 0 bridgehead atoms. The van der Waals surface area contributed by atoms with Crippen molar-refractivity contribution in [1.82, 2.24) is 15.1 Å². The number of halogens is 1. The molecule has 0 unspecified atom stereocenters. The van der Waals surface area contributed by atoms with E-state index in [1.165, 1.54) is 41.2 Å². The normalized spacial score (nSPS) is 19.4. The number of primary amides is 1. The number of carbonyl (C=O) groups excluding carboxylic acids is 2. The van der Waals surface area contributed by atoms with E-state index in [1.54, 1.807) is 18.3 Å². The zero-order valence-corrected chi connectivity index (χ0v) is 31.6. The third-order valence-corrected chi connectivity index (χ3v) is 8.26. The van der Waals surface area contributed by atoms with Gasteiger partial charge in [-0.05, 0) is 68.1 Å². The van der Waals surface area contributed by atoms with Crippen molar-refractivity contribution in [3.8, 4) is 0 Å². The SMILES string of the molecule is C/C=C1/C/C=C(/[C@@H](C)/C(C)=C/NC=NC)c2cc(Cl)ccc2[C@H](N2CCN(C(=O)O[C@@H](CC)CO)CC2)C1.C=CN.CC.COCC(N)=O. The number of aliphatic imine (C=N–C) groups is 1. The number of allylic oxidation sites excluding steroid dienone is 4. The molecule has 1 aromatic rings. The summed E-state index contributed by atoms with van der Waals surface area (Å²) in [5, 5.41) is 13.3. The van der Waals surface area contributed by atoms with E-state index < -0.39 is 12.0 Å². The average molecular weight is 705 g/mol. The number of methoxy groups -OCH3 is 1. The Kier molecular flexibility index (Phi) is 24.3. The van der Waals surface area contributed by atoms with Crippen molar-refractivity contribution in [3.05, 3.63) is 76.6 Å². The fourth-order valence-electron chi connectivity index (χ4n) is 5.27. The summed E-state index contributed by atoms with van der Waals surface area (Å²) in [7, 11) is 3.17. The Bertz CT molecular complexity index is 1250. The summed E-state index contributed by atoms with van der Waals surface area (Å²) in [6.45, 7) is 18.1. The molecule has 1 saturated heterocycles. The number of nitrogens with zero attached hydrogens (tertiary/aromatic N) is 3. The van der Waals surface area contributed by atoms with Crippen LogP contribution in [-0.4, -0.2) is 92.9 Å². The second-order valence-corrected chi connectivity index (χ2v) is 11.6. The lowest BCUT2D eigenvalue weighted by molar-refractivity contribution is -0.121. The van der Waals surface area contributed by atoms with Crippen LogP contribution in [0.5, 0.6) is 0 Å². The predicted octanol–water partition coefficient (Wildman–Crippen LogP) is 6.05. The zero-order chi connectivity index (χ0) is 37.4. The molecule has 276 valence electrons. The predicted molar refractivity (Wildman–Crippen MR) is 203 cm³/mol. The summed E-state index contributed by atoms with van der Waals surface area (Å²) in [6, 6.07) is 6.45. The monoisotopic (exact) mass is 704 g/mol. The first-order chi connectivity index (χ1) is 23.5. The minimum absolute atomic E-state index is 0.0139. The summed E-state index contributed by atoms with van der Waals surface area (Å²) in [5.41, 5.74) is 15.6. The fraction of sp³-hybridized carbons (Fsp3) is 0.541. The first-order valence-electron chi connectivity index (χ1n) is 16.9. The summed E-state index contributed by atoms with van der Waals surface area (Å²) >= 11 is 6.56. The Morgan fingerprint density at radius 2 is 1.88 bits per heavy atom. The average Bonchev–Trinajstić information content (AvgIpc) is 3.09. The van der Waals surface area contributed by atoms with Crippen molar-refractivity contribution in [2.45, 2.75) is 73.0 Å². The van der Waals surface area contributed by atoms with Gasteiger partial charge in [0.05, 0.1) is 12.9 Å². The lowest BCUT2D eigenvalue weighted by Crippen LogP contribution is -2.50. The van der Waals surface area contributed by atoms with Gasteiger partial charge in [-0.1, -0.05) is 75.2 Å². The molecular formula is C37H61ClN6O5. The molecule has 2 aliphatic rings. The number of rotatable bonds is 10. The number of carbonyl (C=O) groups is 2. The van der Waals surface area contributed by atoms with Crippen molar-refractivity contribution in [3.63, 3.8) is 0 Å². The van der Waals surface area contributed by atoms with Crippen LogP contribution in [-0.2, 0) is 14.3 Å². The maximum Gasteiger partial charge on any atom is 0.410 e. The highest BCUT2D eigenvalue weighted by Crippen LogP contribution is 2.42. The number of amides is 2. The number of nitrogens with two attached hydrogens (primary N) is 2. The second kappa shape index (κ2) is 26.3. The van der Waals surface area contributed by atoms with Gasteiger partial charge in [0.25, 0.3) is 0 Å². The van der Waals surface area contributed by atoms with Gasteiger partial charge in [0, 0.05) is 63.5 Å². The Morgan fingerprint density at radius 3 is 2.37 bits per heavy atom. The van der Waals surface area contributed by atoms with Gasteiger partial charge in [-0.3, -0.25) is 14.7 Å². The van der Waals surface area contributed by atoms with Crippen molar-refractivity contribution in [2.24, 2.45) is 22.4 Å². The number of fused-ring (bicyclic) bond motifs is 1. The van der Waals surface area contributed by atoms with E-state index in [0.717, 1.165) is 31.0 Å². The molecule has 0 saturated carbocycles. The molecule has 1 fully saturated rings. The summed E-state index contributed by atoms with van der Waals surface area (Å²) in [4.78, 5) is 30.6. The van der Waals surface area contributed by atoms with Crippen LogP contribution in [0.1, 0.15) is 78.0 Å². The van der Waals surface area contributed by atoms with Gasteiger partial charge in [0.2, 0.25) is 5.91 Å². The van der Waals surface area contributed by atoms with Crippen LogP contribution in [0.2, 0.25) is 5.02 Å². The molecular weight excluding hydrogens is 644 g/mol. The summed E-state index contributed by atoms with van der Waals surface area (Å²) < 4.78 is 9.80. The van der Waals surface area contributed by atoms with Crippen molar-refractivity contribution >= 4 is 35.5 Å². The first-order valence-corrected chi connectivity index (χ1v) is 17.3. The minimum Gasteiger partial charge on any atom is -0.444 e. The number of ether oxygens (including phenoxy) is 2. The summed E-state index contributed by atoms with van der Waals surface area (Å²) in [5.74, 6) is -0.246. The molecule has 1 aliphatic carbocycles. The van der Waals surface area contributed by atoms with Crippen LogP contribution in [0.15, 0.2) is 65.5 Å². The van der Waals surface area contributed by atoms with Crippen molar-refractivity contribution in [2.75, 3.05) is 53.6 Å². The lowest BCUT2D eigenvalue weighted by atomic mass is 9.80. The van der Waals surface area contributed by atoms with Crippen LogP contribution >= 0.6 is 11.6 Å². The van der Waals surface area contributed by atoms with E-state index >= 15 is 0 Å². The van der Waals surface area contributed by atoms with Crippen LogP contribution < -0.4 is 16.8 Å². The van der Waals surface area contributed by atoms with E-state index in [-0.39, 0.29) is 31.3 Å². The lowest BCUT2D eigenvalue weighted by Gasteiger charge is -2.41. The van der Waals surface area contributed by atoms with Crippen molar-refractivity contribution < 1.29 is 24.2 Å². The van der Waals surface area contributed by atoms with Gasteiger partial charge in [-0.15, -0.1) is 0 Å². The molecule has 49 heavy (non-hydrogen) atoms. The van der Waals surface area contributed by atoms with Crippen molar-refractivity contribution in [1.29, 1.82) is 0 Å². The highest BCUT2D eigenvalue weighted by atomic mass is 35.5. The van der Waals surface area contributed by atoms with Crippen LogP contribution in [0.25, 0.3) is 5.57 Å². The van der Waals surface area contributed by atoms with Gasteiger partial charge in [0.15, 0.2) is 0 Å². The van der Waals surface area contributed by atoms with Gasteiger partial charge in [-0.25, -0.2) is 4.79 Å². The van der Waals surface area contributed by atoms with Gasteiger partial charge >= 0.3 is 6.09 Å². The van der Waals surface area contributed by atoms with Crippen LogP contribution in [0.3, 0.4) is 0 Å². The molecule has 1 aromatic carbocycles. The molecule has 1 heterocycles. The highest BCUT2D eigenvalue weighted by Gasteiger charge is 2.32. The maximum absolute atomic E-state index is 12.6. The van der Waals surface area contributed by atoms with E-state index in [0.29, 0.717) is 19.5 Å². The van der Waals surface area contributed by atoms with E-state index in [4.69, 9.17) is 16.3 Å². The zero-order valence-electron chi connectivity index (χ0n) is 30.9. The Labute approximate surface area is 299 Å². The molecule has 11 nitrogen and oxygen atoms in total.